The maximum absolute atomic E-state index is 4.89. The zero-order valence-electron chi connectivity index (χ0n) is 14.3. The first-order valence-corrected chi connectivity index (χ1v) is 8.78. The van der Waals surface area contributed by atoms with Crippen LogP contribution in [0.2, 0.25) is 0 Å². The topological polar surface area (TPSA) is 29.0 Å². The van der Waals surface area contributed by atoms with Crippen LogP contribution in [-0.2, 0) is 19.4 Å². The highest BCUT2D eigenvalue weighted by molar-refractivity contribution is 5.47. The van der Waals surface area contributed by atoms with Crippen molar-refractivity contribution >= 4 is 5.82 Å². The number of benzene rings is 1. The van der Waals surface area contributed by atoms with Gasteiger partial charge in [-0.05, 0) is 57.1 Å². The number of nitrogens with zero attached hydrogens (tertiary/aromatic N) is 3. The van der Waals surface area contributed by atoms with Crippen LogP contribution in [0.5, 0.6) is 0 Å². The summed E-state index contributed by atoms with van der Waals surface area (Å²) in [7, 11) is 0. The number of aryl methyl sites for hydroxylation is 2. The van der Waals surface area contributed by atoms with Crippen molar-refractivity contribution in [1.82, 2.24) is 9.97 Å². The van der Waals surface area contributed by atoms with Crippen LogP contribution in [0.1, 0.15) is 48.0 Å². The smallest absolute Gasteiger partial charge is 0.133 e. The van der Waals surface area contributed by atoms with Gasteiger partial charge in [0.15, 0.2) is 0 Å². The minimum atomic E-state index is 0.479. The normalized spacial score (nSPS) is 20.5. The van der Waals surface area contributed by atoms with Crippen molar-refractivity contribution in [2.75, 3.05) is 4.90 Å². The standard InChI is InChI=1S/C20H25N3/c1-13-4-7-17-12-23(15(3)10-18(17)8-13)20-9-14(2)21-19(22-20)11-16-5-6-16/h4,7-9,15-16H,5-6,10-12H2,1-3H3. The van der Waals surface area contributed by atoms with Crippen molar-refractivity contribution in [3.05, 3.63) is 52.5 Å². The Morgan fingerprint density at radius 3 is 2.70 bits per heavy atom. The van der Waals surface area contributed by atoms with Gasteiger partial charge in [-0.15, -0.1) is 0 Å². The van der Waals surface area contributed by atoms with Crippen molar-refractivity contribution < 1.29 is 0 Å². The first kappa shape index (κ1) is 14.7. The summed E-state index contributed by atoms with van der Waals surface area (Å²) in [5, 5.41) is 0. The molecule has 1 saturated carbocycles. The summed E-state index contributed by atoms with van der Waals surface area (Å²) in [5.41, 5.74) is 5.38. The Bertz CT molecular complexity index is 734. The minimum absolute atomic E-state index is 0.479. The van der Waals surface area contributed by atoms with E-state index in [1.54, 1.807) is 0 Å². The van der Waals surface area contributed by atoms with Gasteiger partial charge in [0.25, 0.3) is 0 Å². The predicted octanol–water partition coefficient (Wildman–Crippen LogP) is 4.00. The quantitative estimate of drug-likeness (QED) is 0.858. The molecule has 0 radical (unpaired) electrons. The molecule has 1 atom stereocenters. The van der Waals surface area contributed by atoms with Gasteiger partial charge >= 0.3 is 0 Å². The molecule has 2 heterocycles. The van der Waals surface area contributed by atoms with Gasteiger partial charge in [-0.1, -0.05) is 23.8 Å². The fourth-order valence-corrected chi connectivity index (χ4v) is 3.60. The number of hydrogen-bond donors (Lipinski definition) is 0. The second-order valence-electron chi connectivity index (χ2n) is 7.38. The van der Waals surface area contributed by atoms with Crippen LogP contribution in [0.3, 0.4) is 0 Å². The highest BCUT2D eigenvalue weighted by atomic mass is 15.2. The van der Waals surface area contributed by atoms with Crippen LogP contribution in [0.25, 0.3) is 0 Å². The molecule has 1 aromatic heterocycles. The van der Waals surface area contributed by atoms with Gasteiger partial charge in [0, 0.05) is 30.8 Å². The lowest BCUT2D eigenvalue weighted by molar-refractivity contribution is 0.583. The fraction of sp³-hybridized carbons (Fsp3) is 0.500. The summed E-state index contributed by atoms with van der Waals surface area (Å²) >= 11 is 0. The lowest BCUT2D eigenvalue weighted by atomic mass is 9.93. The van der Waals surface area contributed by atoms with Crippen LogP contribution in [-0.4, -0.2) is 16.0 Å². The van der Waals surface area contributed by atoms with Crippen molar-refractivity contribution in [3.63, 3.8) is 0 Å². The molecule has 1 unspecified atom stereocenters. The van der Waals surface area contributed by atoms with E-state index >= 15 is 0 Å². The summed E-state index contributed by atoms with van der Waals surface area (Å²) < 4.78 is 0. The van der Waals surface area contributed by atoms with E-state index in [1.165, 1.54) is 29.5 Å². The van der Waals surface area contributed by atoms with Gasteiger partial charge in [0.05, 0.1) is 0 Å². The van der Waals surface area contributed by atoms with E-state index in [1.807, 2.05) is 0 Å². The van der Waals surface area contributed by atoms with E-state index in [0.29, 0.717) is 6.04 Å². The second-order valence-corrected chi connectivity index (χ2v) is 7.38. The van der Waals surface area contributed by atoms with Gasteiger partial charge < -0.3 is 4.90 Å². The summed E-state index contributed by atoms with van der Waals surface area (Å²) in [4.78, 5) is 12.0. The van der Waals surface area contributed by atoms with E-state index < -0.39 is 0 Å². The molecule has 0 N–H and O–H groups in total. The van der Waals surface area contributed by atoms with E-state index in [2.05, 4.69) is 54.9 Å². The average Bonchev–Trinajstić information content (AvgIpc) is 3.29. The molecule has 2 aliphatic rings. The molecule has 3 heteroatoms. The summed E-state index contributed by atoms with van der Waals surface area (Å²) in [6.45, 7) is 7.53. The zero-order chi connectivity index (χ0) is 16.0. The fourth-order valence-electron chi connectivity index (χ4n) is 3.60. The van der Waals surface area contributed by atoms with Crippen molar-refractivity contribution in [2.24, 2.45) is 5.92 Å². The molecule has 1 aliphatic carbocycles. The van der Waals surface area contributed by atoms with E-state index in [0.717, 1.165) is 42.6 Å². The van der Waals surface area contributed by atoms with E-state index in [4.69, 9.17) is 4.98 Å². The van der Waals surface area contributed by atoms with Crippen LogP contribution >= 0.6 is 0 Å². The van der Waals surface area contributed by atoms with Crippen molar-refractivity contribution in [3.8, 4) is 0 Å². The lowest BCUT2D eigenvalue weighted by Crippen LogP contribution is -2.39. The monoisotopic (exact) mass is 307 g/mol. The summed E-state index contributed by atoms with van der Waals surface area (Å²) in [5.74, 6) is 2.96. The Hall–Kier alpha value is -1.90. The molecule has 2 aromatic rings. The lowest BCUT2D eigenvalue weighted by Gasteiger charge is -2.36. The maximum atomic E-state index is 4.89. The Kier molecular flexibility index (Phi) is 3.59. The van der Waals surface area contributed by atoms with Crippen molar-refractivity contribution in [1.29, 1.82) is 0 Å². The molecule has 120 valence electrons. The molecular formula is C20H25N3. The number of anilines is 1. The number of aromatic nitrogens is 2. The van der Waals surface area contributed by atoms with Crippen LogP contribution in [0, 0.1) is 19.8 Å². The van der Waals surface area contributed by atoms with E-state index in [-0.39, 0.29) is 0 Å². The molecule has 0 spiro atoms. The van der Waals surface area contributed by atoms with Gasteiger partial charge in [-0.2, -0.15) is 0 Å². The zero-order valence-corrected chi connectivity index (χ0v) is 14.3. The Labute approximate surface area is 138 Å². The van der Waals surface area contributed by atoms with Crippen molar-refractivity contribution in [2.45, 2.75) is 59.0 Å². The number of fused-ring (bicyclic) bond motifs is 1. The molecule has 23 heavy (non-hydrogen) atoms. The SMILES string of the molecule is Cc1ccc2c(c1)CC(C)N(c1cc(C)nc(CC3CC3)n1)C2. The molecular weight excluding hydrogens is 282 g/mol. The third-order valence-corrected chi connectivity index (χ3v) is 5.10. The highest BCUT2D eigenvalue weighted by Crippen LogP contribution is 2.33. The largest absolute Gasteiger partial charge is 0.349 e. The highest BCUT2D eigenvalue weighted by Gasteiger charge is 2.26. The molecule has 1 fully saturated rings. The van der Waals surface area contributed by atoms with Crippen LogP contribution in [0.15, 0.2) is 24.3 Å². The third-order valence-electron chi connectivity index (χ3n) is 5.10. The molecule has 0 amide bonds. The predicted molar refractivity (Wildman–Crippen MR) is 93.7 cm³/mol. The van der Waals surface area contributed by atoms with Crippen LogP contribution in [0.4, 0.5) is 5.82 Å². The Morgan fingerprint density at radius 1 is 1.09 bits per heavy atom. The van der Waals surface area contributed by atoms with E-state index in [9.17, 15) is 0 Å². The van der Waals surface area contributed by atoms with Gasteiger partial charge in [-0.25, -0.2) is 9.97 Å². The van der Waals surface area contributed by atoms with Gasteiger partial charge in [0.2, 0.25) is 0 Å². The molecule has 0 bridgehead atoms. The molecule has 0 saturated heterocycles. The first-order chi connectivity index (χ1) is 11.1. The Balaban J connectivity index is 1.64. The maximum Gasteiger partial charge on any atom is 0.133 e. The molecule has 3 nitrogen and oxygen atoms in total. The summed E-state index contributed by atoms with van der Waals surface area (Å²) in [6.07, 6.45) is 4.84. The first-order valence-electron chi connectivity index (χ1n) is 8.78. The third kappa shape index (κ3) is 3.10. The molecule has 4 rings (SSSR count). The number of rotatable bonds is 3. The molecule has 1 aromatic carbocycles. The van der Waals surface area contributed by atoms with Crippen LogP contribution < -0.4 is 4.90 Å². The average molecular weight is 307 g/mol. The summed E-state index contributed by atoms with van der Waals surface area (Å²) in [6, 6.07) is 9.46. The minimum Gasteiger partial charge on any atom is -0.349 e. The Morgan fingerprint density at radius 2 is 1.91 bits per heavy atom. The van der Waals surface area contributed by atoms with Gasteiger partial charge in [-0.3, -0.25) is 0 Å². The second kappa shape index (κ2) is 5.63. The molecule has 1 aliphatic heterocycles. The van der Waals surface area contributed by atoms with Gasteiger partial charge in [0.1, 0.15) is 11.6 Å². The number of hydrogen-bond acceptors (Lipinski definition) is 3.